The molecule has 0 fully saturated rings. The van der Waals surface area contributed by atoms with Crippen molar-refractivity contribution in [2.75, 3.05) is 0 Å². The van der Waals surface area contributed by atoms with E-state index < -0.39 is 10.5 Å². The number of rotatable bonds is 1. The zero-order chi connectivity index (χ0) is 10.9. The molecule has 1 atom stereocenters. The molecule has 15 heavy (non-hydrogen) atoms. The molecule has 0 radical (unpaired) electrons. The van der Waals surface area contributed by atoms with Crippen LogP contribution in [-0.2, 0) is 6.42 Å². The number of hydrogen-bond donors (Lipinski definition) is 0. The highest BCUT2D eigenvalue weighted by Crippen LogP contribution is 2.26. The van der Waals surface area contributed by atoms with E-state index in [4.69, 9.17) is 5.26 Å². The molecule has 1 aromatic rings. The summed E-state index contributed by atoms with van der Waals surface area (Å²) in [5, 5.41) is 19.7. The second-order valence-electron chi connectivity index (χ2n) is 3.35. The number of pyridine rings is 1. The lowest BCUT2D eigenvalue weighted by atomic mass is 9.87. The average molecular weight is 201 g/mol. The highest BCUT2D eigenvalue weighted by molar-refractivity contribution is 5.56. The fourth-order valence-corrected chi connectivity index (χ4v) is 1.56. The van der Waals surface area contributed by atoms with Gasteiger partial charge in [-0.05, 0) is 17.7 Å². The van der Waals surface area contributed by atoms with E-state index in [-0.39, 0.29) is 6.42 Å². The Kier molecular flexibility index (Phi) is 1.97. The largest absolute Gasteiger partial charge is 0.328 e. The second kappa shape index (κ2) is 3.17. The van der Waals surface area contributed by atoms with Crippen molar-refractivity contribution in [3.8, 4) is 6.07 Å². The van der Waals surface area contributed by atoms with E-state index in [1.165, 1.54) is 12.2 Å². The van der Waals surface area contributed by atoms with Crippen molar-refractivity contribution < 1.29 is 4.92 Å². The molecule has 0 saturated carbocycles. The van der Waals surface area contributed by atoms with Gasteiger partial charge in [0.15, 0.2) is 6.07 Å². The zero-order valence-electron chi connectivity index (χ0n) is 7.75. The molecule has 74 valence electrons. The third-order valence-electron chi connectivity index (χ3n) is 2.42. The minimum atomic E-state index is -1.63. The molecule has 1 aromatic heterocycles. The summed E-state index contributed by atoms with van der Waals surface area (Å²) in [6, 6.07) is 5.20. The van der Waals surface area contributed by atoms with Crippen LogP contribution < -0.4 is 0 Å². The van der Waals surface area contributed by atoms with Crippen LogP contribution >= 0.6 is 0 Å². The van der Waals surface area contributed by atoms with Crippen LogP contribution in [0.3, 0.4) is 0 Å². The maximum atomic E-state index is 10.8. The number of hydrogen-bond acceptors (Lipinski definition) is 4. The fourth-order valence-electron chi connectivity index (χ4n) is 1.56. The van der Waals surface area contributed by atoms with Crippen LogP contribution in [0.4, 0.5) is 0 Å². The molecule has 2 rings (SSSR count). The molecule has 1 heterocycles. The smallest absolute Gasteiger partial charge is 0.262 e. The minimum Gasteiger partial charge on any atom is -0.262 e. The number of nitriles is 1. The monoisotopic (exact) mass is 201 g/mol. The molecule has 0 aromatic carbocycles. The Bertz CT molecular complexity index is 490. The standard InChI is InChI=1S/C10H7N3O2/c11-7-10(13(14)15)4-3-9-8(6-10)2-1-5-12-9/h1-5H,6H2. The molecule has 5 heteroatoms. The first-order chi connectivity index (χ1) is 7.18. The molecule has 1 unspecified atom stereocenters. The van der Waals surface area contributed by atoms with Gasteiger partial charge in [0.1, 0.15) is 0 Å². The normalized spacial score (nSPS) is 22.9. The van der Waals surface area contributed by atoms with Gasteiger partial charge < -0.3 is 0 Å². The van der Waals surface area contributed by atoms with Crippen molar-refractivity contribution in [1.82, 2.24) is 4.98 Å². The predicted molar refractivity (Wildman–Crippen MR) is 52.3 cm³/mol. The maximum absolute atomic E-state index is 10.8. The molecule has 1 aliphatic rings. The van der Waals surface area contributed by atoms with Crippen LogP contribution in [-0.4, -0.2) is 15.4 Å². The highest BCUT2D eigenvalue weighted by atomic mass is 16.6. The summed E-state index contributed by atoms with van der Waals surface area (Å²) >= 11 is 0. The molecule has 0 amide bonds. The van der Waals surface area contributed by atoms with Crippen molar-refractivity contribution >= 4 is 6.08 Å². The SMILES string of the molecule is N#CC1([N+](=O)[O-])C=Cc2ncccc2C1. The van der Waals surface area contributed by atoms with Gasteiger partial charge in [0.05, 0.1) is 12.1 Å². The highest BCUT2D eigenvalue weighted by Gasteiger charge is 2.43. The van der Waals surface area contributed by atoms with Crippen molar-refractivity contribution in [3.63, 3.8) is 0 Å². The lowest BCUT2D eigenvalue weighted by Crippen LogP contribution is -2.38. The first kappa shape index (κ1) is 9.34. The van der Waals surface area contributed by atoms with Gasteiger partial charge in [0, 0.05) is 17.2 Å². The van der Waals surface area contributed by atoms with Crippen molar-refractivity contribution in [3.05, 3.63) is 45.8 Å². The van der Waals surface area contributed by atoms with E-state index in [0.29, 0.717) is 5.69 Å². The molecule has 0 bridgehead atoms. The van der Waals surface area contributed by atoms with E-state index >= 15 is 0 Å². The summed E-state index contributed by atoms with van der Waals surface area (Å²) in [5.41, 5.74) is -0.195. The van der Waals surface area contributed by atoms with Crippen molar-refractivity contribution in [1.29, 1.82) is 5.26 Å². The van der Waals surface area contributed by atoms with Crippen LogP contribution in [0, 0.1) is 21.4 Å². The van der Waals surface area contributed by atoms with Crippen molar-refractivity contribution in [2.24, 2.45) is 0 Å². The van der Waals surface area contributed by atoms with E-state index in [1.54, 1.807) is 24.4 Å². The molecule has 0 spiro atoms. The Morgan fingerprint density at radius 1 is 1.67 bits per heavy atom. The molecular weight excluding hydrogens is 194 g/mol. The Balaban J connectivity index is 2.50. The van der Waals surface area contributed by atoms with Gasteiger partial charge >= 0.3 is 5.54 Å². The minimum absolute atomic E-state index is 0.0795. The van der Waals surface area contributed by atoms with Crippen LogP contribution in [0.5, 0.6) is 0 Å². The number of nitro groups is 1. The Hall–Kier alpha value is -2.22. The van der Waals surface area contributed by atoms with Crippen LogP contribution in [0.25, 0.3) is 6.08 Å². The summed E-state index contributed by atoms with van der Waals surface area (Å²) < 4.78 is 0. The molecule has 5 nitrogen and oxygen atoms in total. The van der Waals surface area contributed by atoms with Gasteiger partial charge in [-0.25, -0.2) is 0 Å². The maximum Gasteiger partial charge on any atom is 0.328 e. The summed E-state index contributed by atoms with van der Waals surface area (Å²) in [6.07, 6.45) is 4.54. The van der Waals surface area contributed by atoms with Gasteiger partial charge in [-0.1, -0.05) is 6.07 Å². The van der Waals surface area contributed by atoms with E-state index in [0.717, 1.165) is 5.56 Å². The molecule has 0 aliphatic heterocycles. The van der Waals surface area contributed by atoms with Gasteiger partial charge in [0.2, 0.25) is 0 Å². The first-order valence-electron chi connectivity index (χ1n) is 4.37. The van der Waals surface area contributed by atoms with Gasteiger partial charge in [0.25, 0.3) is 0 Å². The van der Waals surface area contributed by atoms with Crippen molar-refractivity contribution in [2.45, 2.75) is 12.0 Å². The molecule has 0 saturated heterocycles. The third-order valence-corrected chi connectivity index (χ3v) is 2.42. The van der Waals surface area contributed by atoms with E-state index in [9.17, 15) is 10.1 Å². The van der Waals surface area contributed by atoms with Crippen LogP contribution in [0.2, 0.25) is 0 Å². The fraction of sp³-hybridized carbons (Fsp3) is 0.200. The topological polar surface area (TPSA) is 79.8 Å². The molecular formula is C10H7N3O2. The first-order valence-corrected chi connectivity index (χ1v) is 4.37. The Labute approximate surface area is 85.8 Å². The Morgan fingerprint density at radius 2 is 2.47 bits per heavy atom. The quantitative estimate of drug-likeness (QED) is 0.505. The predicted octanol–water partition coefficient (Wildman–Crippen LogP) is 1.19. The van der Waals surface area contributed by atoms with Gasteiger partial charge in [-0.3, -0.25) is 15.1 Å². The lowest BCUT2D eigenvalue weighted by molar-refractivity contribution is -0.537. The molecule has 0 N–H and O–H groups in total. The summed E-state index contributed by atoms with van der Waals surface area (Å²) in [7, 11) is 0. The van der Waals surface area contributed by atoms with Crippen LogP contribution in [0.15, 0.2) is 24.4 Å². The van der Waals surface area contributed by atoms with Gasteiger partial charge in [-0.2, -0.15) is 5.26 Å². The van der Waals surface area contributed by atoms with E-state index in [1.807, 2.05) is 0 Å². The van der Waals surface area contributed by atoms with Gasteiger partial charge in [-0.15, -0.1) is 0 Å². The summed E-state index contributed by atoms with van der Waals surface area (Å²) in [4.78, 5) is 14.3. The number of nitrogens with zero attached hydrogens (tertiary/aromatic N) is 3. The zero-order valence-corrected chi connectivity index (χ0v) is 7.75. The van der Waals surface area contributed by atoms with E-state index in [2.05, 4.69) is 4.98 Å². The second-order valence-corrected chi connectivity index (χ2v) is 3.35. The Morgan fingerprint density at radius 3 is 3.13 bits per heavy atom. The average Bonchev–Trinajstić information content (AvgIpc) is 2.28. The summed E-state index contributed by atoms with van der Waals surface area (Å²) in [6.45, 7) is 0. The summed E-state index contributed by atoms with van der Waals surface area (Å²) in [5.74, 6) is 0. The number of fused-ring (bicyclic) bond motifs is 1. The third kappa shape index (κ3) is 1.36. The number of aromatic nitrogens is 1. The van der Waals surface area contributed by atoms with Crippen LogP contribution in [0.1, 0.15) is 11.3 Å². The molecule has 1 aliphatic carbocycles. The lowest BCUT2D eigenvalue weighted by Gasteiger charge is -2.18.